The molecule has 0 aliphatic heterocycles. The van der Waals surface area contributed by atoms with Crippen molar-refractivity contribution in [1.82, 2.24) is 0 Å². The van der Waals surface area contributed by atoms with Crippen molar-refractivity contribution in [1.29, 1.82) is 0 Å². The summed E-state index contributed by atoms with van der Waals surface area (Å²) in [4.78, 5) is 0.368. The zero-order valence-corrected chi connectivity index (χ0v) is 9.18. The Bertz CT molecular complexity index is 376. The van der Waals surface area contributed by atoms with Crippen LogP contribution in [0.15, 0.2) is 29.2 Å². The maximum absolute atomic E-state index is 11.4. The highest BCUT2D eigenvalue weighted by Gasteiger charge is 2.10. The highest BCUT2D eigenvalue weighted by molar-refractivity contribution is 7.91. The molecule has 0 atom stereocenters. The van der Waals surface area contributed by atoms with Gasteiger partial charge in [0.2, 0.25) is 0 Å². The zero-order valence-electron chi connectivity index (χ0n) is 8.36. The molecule has 0 aliphatic carbocycles. The number of benzene rings is 1. The second-order valence-electron chi connectivity index (χ2n) is 3.21. The van der Waals surface area contributed by atoms with Gasteiger partial charge in [0.25, 0.3) is 0 Å². The molecule has 0 bridgehead atoms. The van der Waals surface area contributed by atoms with Crippen LogP contribution in [0.1, 0.15) is 18.9 Å². The van der Waals surface area contributed by atoms with Gasteiger partial charge in [-0.05, 0) is 31.0 Å². The lowest BCUT2D eigenvalue weighted by molar-refractivity contribution is 0.599. The smallest absolute Gasteiger partial charge is 0.178 e. The largest absolute Gasteiger partial charge is 0.224 e. The normalized spacial score (nSPS) is 11.6. The molecule has 1 radical (unpaired) electrons. The standard InChI is InChI=1S/C11H15O2S/c1-3-5-10-6-8-11(9-7-10)14(12,13)4-2/h6-9H,2-5H2,1H3. The Morgan fingerprint density at radius 2 is 1.79 bits per heavy atom. The quantitative estimate of drug-likeness (QED) is 0.765. The van der Waals surface area contributed by atoms with Crippen LogP contribution in [0.3, 0.4) is 0 Å². The highest BCUT2D eigenvalue weighted by Crippen LogP contribution is 2.12. The van der Waals surface area contributed by atoms with Crippen LogP contribution < -0.4 is 0 Å². The van der Waals surface area contributed by atoms with Crippen molar-refractivity contribution < 1.29 is 8.42 Å². The molecule has 77 valence electrons. The molecule has 0 saturated heterocycles. The average molecular weight is 211 g/mol. The van der Waals surface area contributed by atoms with Gasteiger partial charge in [-0.3, -0.25) is 0 Å². The lowest BCUT2D eigenvalue weighted by Crippen LogP contribution is -2.03. The van der Waals surface area contributed by atoms with Gasteiger partial charge in [-0.1, -0.05) is 25.5 Å². The van der Waals surface area contributed by atoms with Gasteiger partial charge in [0.1, 0.15) is 0 Å². The lowest BCUT2D eigenvalue weighted by Gasteiger charge is -2.02. The monoisotopic (exact) mass is 211 g/mol. The van der Waals surface area contributed by atoms with E-state index in [9.17, 15) is 8.42 Å². The Morgan fingerprint density at radius 3 is 2.21 bits per heavy atom. The molecule has 0 fully saturated rings. The predicted molar refractivity (Wildman–Crippen MR) is 57.8 cm³/mol. The number of hydrogen-bond donors (Lipinski definition) is 0. The molecule has 2 nitrogen and oxygen atoms in total. The summed E-state index contributed by atoms with van der Waals surface area (Å²) in [5.41, 5.74) is 1.18. The van der Waals surface area contributed by atoms with E-state index in [1.807, 2.05) is 12.1 Å². The van der Waals surface area contributed by atoms with E-state index in [4.69, 9.17) is 0 Å². The topological polar surface area (TPSA) is 34.1 Å². The molecule has 1 aromatic rings. The van der Waals surface area contributed by atoms with Gasteiger partial charge in [0.05, 0.1) is 10.6 Å². The molecule has 0 amide bonds. The summed E-state index contributed by atoms with van der Waals surface area (Å²) in [6, 6.07) is 7.05. The summed E-state index contributed by atoms with van der Waals surface area (Å²) in [5.74, 6) is -0.0832. The Kier molecular flexibility index (Phi) is 3.69. The van der Waals surface area contributed by atoms with Gasteiger partial charge in [0, 0.05) is 0 Å². The van der Waals surface area contributed by atoms with Gasteiger partial charge >= 0.3 is 0 Å². The Balaban J connectivity index is 2.94. The first-order valence-electron chi connectivity index (χ1n) is 4.71. The van der Waals surface area contributed by atoms with E-state index in [1.165, 1.54) is 5.56 Å². The number of rotatable bonds is 4. The molecule has 1 aromatic carbocycles. The zero-order chi connectivity index (χ0) is 10.6. The van der Waals surface area contributed by atoms with E-state index in [2.05, 4.69) is 13.8 Å². The van der Waals surface area contributed by atoms with Crippen molar-refractivity contribution in [3.8, 4) is 0 Å². The fourth-order valence-corrected chi connectivity index (χ4v) is 2.06. The lowest BCUT2D eigenvalue weighted by atomic mass is 10.1. The Hall–Kier alpha value is -0.830. The number of aryl methyl sites for hydroxylation is 1. The van der Waals surface area contributed by atoms with E-state index in [-0.39, 0.29) is 5.75 Å². The number of sulfone groups is 1. The first-order valence-corrected chi connectivity index (χ1v) is 6.36. The minimum absolute atomic E-state index is 0.0832. The van der Waals surface area contributed by atoms with Crippen LogP contribution in [0.2, 0.25) is 0 Å². The van der Waals surface area contributed by atoms with Crippen molar-refractivity contribution >= 4 is 9.84 Å². The maximum Gasteiger partial charge on any atom is 0.178 e. The molecule has 1 rings (SSSR count). The maximum atomic E-state index is 11.4. The second kappa shape index (κ2) is 4.60. The number of hydrogen-bond acceptors (Lipinski definition) is 2. The first kappa shape index (κ1) is 11.2. The van der Waals surface area contributed by atoms with Crippen molar-refractivity contribution in [2.75, 3.05) is 5.75 Å². The molecular weight excluding hydrogens is 196 g/mol. The highest BCUT2D eigenvalue weighted by atomic mass is 32.2. The van der Waals surface area contributed by atoms with E-state index in [1.54, 1.807) is 12.1 Å². The van der Waals surface area contributed by atoms with E-state index >= 15 is 0 Å². The van der Waals surface area contributed by atoms with Crippen LogP contribution in [-0.4, -0.2) is 14.2 Å². The third kappa shape index (κ3) is 2.58. The Labute approximate surface area is 85.9 Å². The molecule has 0 N–H and O–H groups in total. The minimum atomic E-state index is -3.14. The summed E-state index contributed by atoms with van der Waals surface area (Å²) < 4.78 is 22.8. The third-order valence-electron chi connectivity index (χ3n) is 2.09. The summed E-state index contributed by atoms with van der Waals surface area (Å²) in [6.07, 6.45) is 2.06. The van der Waals surface area contributed by atoms with Crippen molar-refractivity contribution in [3.63, 3.8) is 0 Å². The van der Waals surface area contributed by atoms with Gasteiger partial charge < -0.3 is 0 Å². The molecule has 0 unspecified atom stereocenters. The molecule has 0 aromatic heterocycles. The molecule has 3 heteroatoms. The van der Waals surface area contributed by atoms with E-state index in [0.717, 1.165) is 12.8 Å². The molecule has 0 aliphatic rings. The minimum Gasteiger partial charge on any atom is -0.224 e. The summed E-state index contributed by atoms with van der Waals surface area (Å²) in [7, 11) is -3.14. The van der Waals surface area contributed by atoms with Crippen molar-refractivity contribution in [2.45, 2.75) is 24.7 Å². The van der Waals surface area contributed by atoms with Crippen LogP contribution in [-0.2, 0) is 16.3 Å². The van der Waals surface area contributed by atoms with Crippen molar-refractivity contribution in [2.24, 2.45) is 0 Å². The molecule has 0 saturated carbocycles. The van der Waals surface area contributed by atoms with Crippen LogP contribution in [0, 0.1) is 6.92 Å². The molecular formula is C11H15O2S. The molecule has 0 spiro atoms. The van der Waals surface area contributed by atoms with Crippen LogP contribution in [0.5, 0.6) is 0 Å². The van der Waals surface area contributed by atoms with Gasteiger partial charge in [-0.15, -0.1) is 0 Å². The first-order chi connectivity index (χ1) is 6.60. The van der Waals surface area contributed by atoms with Gasteiger partial charge in [-0.25, -0.2) is 8.42 Å². The van der Waals surface area contributed by atoms with Gasteiger partial charge in [0.15, 0.2) is 9.84 Å². The summed E-state index contributed by atoms with van der Waals surface area (Å²) in [5, 5.41) is 0. The Morgan fingerprint density at radius 1 is 1.21 bits per heavy atom. The second-order valence-corrected chi connectivity index (χ2v) is 5.32. The van der Waals surface area contributed by atoms with Crippen LogP contribution in [0.25, 0.3) is 0 Å². The van der Waals surface area contributed by atoms with E-state index in [0.29, 0.717) is 4.90 Å². The van der Waals surface area contributed by atoms with Gasteiger partial charge in [-0.2, -0.15) is 0 Å². The fourth-order valence-electron chi connectivity index (χ4n) is 1.27. The third-order valence-corrected chi connectivity index (χ3v) is 3.62. The predicted octanol–water partition coefficient (Wildman–Crippen LogP) is 2.25. The molecule has 0 heterocycles. The fraction of sp³-hybridized carbons (Fsp3) is 0.364. The summed E-state index contributed by atoms with van der Waals surface area (Å²) in [6.45, 7) is 5.50. The average Bonchev–Trinajstić information content (AvgIpc) is 2.19. The summed E-state index contributed by atoms with van der Waals surface area (Å²) >= 11 is 0. The van der Waals surface area contributed by atoms with Crippen molar-refractivity contribution in [3.05, 3.63) is 36.8 Å². The van der Waals surface area contributed by atoms with Crippen LogP contribution >= 0.6 is 0 Å². The van der Waals surface area contributed by atoms with E-state index < -0.39 is 9.84 Å². The SMILES string of the molecule is [CH2]CS(=O)(=O)c1ccc(CCC)cc1. The van der Waals surface area contributed by atoms with Crippen LogP contribution in [0.4, 0.5) is 0 Å². The molecule has 14 heavy (non-hydrogen) atoms.